The van der Waals surface area contributed by atoms with Crippen molar-refractivity contribution in [1.29, 1.82) is 0 Å². The number of likely N-dealkylation sites (tertiary alicyclic amines) is 1. The van der Waals surface area contributed by atoms with Gasteiger partial charge in [0.05, 0.1) is 0 Å². The molecule has 1 aliphatic heterocycles. The number of quaternary nitrogens is 1. The van der Waals surface area contributed by atoms with E-state index in [1.807, 2.05) is 0 Å². The van der Waals surface area contributed by atoms with Crippen molar-refractivity contribution >= 4 is 12.0 Å². The van der Waals surface area contributed by atoms with E-state index in [9.17, 15) is 19.1 Å². The Balaban J connectivity index is 1.98. The summed E-state index contributed by atoms with van der Waals surface area (Å²) in [6.45, 7) is 5.40. The molecule has 3 N–H and O–H groups in total. The van der Waals surface area contributed by atoms with Crippen LogP contribution in [-0.2, 0) is 16.1 Å². The highest BCUT2D eigenvalue weighted by Crippen LogP contribution is 2.55. The summed E-state index contributed by atoms with van der Waals surface area (Å²) in [5, 5.41) is 10.6. The lowest BCUT2D eigenvalue weighted by Crippen LogP contribution is -2.77. The molecule has 3 rings (SSSR count). The van der Waals surface area contributed by atoms with Crippen LogP contribution in [0, 0.1) is 5.82 Å². The Kier molecular flexibility index (Phi) is 6.81. The van der Waals surface area contributed by atoms with Crippen molar-refractivity contribution in [3.63, 3.8) is 0 Å². The average Bonchev–Trinajstić information content (AvgIpc) is 3.11. The maximum atomic E-state index is 13.8. The van der Waals surface area contributed by atoms with E-state index in [2.05, 4.69) is 0 Å². The van der Waals surface area contributed by atoms with Crippen LogP contribution in [0.1, 0.15) is 50.8 Å². The zero-order valence-corrected chi connectivity index (χ0v) is 19.5. The van der Waals surface area contributed by atoms with Crippen molar-refractivity contribution in [3.8, 4) is 5.75 Å². The van der Waals surface area contributed by atoms with Gasteiger partial charge in [0.2, 0.25) is 5.54 Å². The highest BCUT2D eigenvalue weighted by molar-refractivity contribution is 5.86. The van der Waals surface area contributed by atoms with Crippen LogP contribution in [0.4, 0.5) is 9.18 Å². The number of hydrogen-bond acceptors (Lipinski definition) is 4. The maximum Gasteiger partial charge on any atom is 0.515 e. The molecule has 178 valence electrons. The SMILES string of the molecule is COCC1(C(N)=O)CCC(c2ccc(OCc3ccccc3F)cc2)[N+]1(C(=O)O)C(C)(C)C. The maximum absolute atomic E-state index is 13.8. The summed E-state index contributed by atoms with van der Waals surface area (Å²) >= 11 is 0. The third-order valence-electron chi connectivity index (χ3n) is 6.79. The fourth-order valence-corrected chi connectivity index (χ4v) is 5.49. The molecule has 3 unspecified atom stereocenters. The summed E-state index contributed by atoms with van der Waals surface area (Å²) in [7, 11) is 1.44. The van der Waals surface area contributed by atoms with Gasteiger partial charge in [0.1, 0.15) is 36.4 Å². The molecule has 1 heterocycles. The lowest BCUT2D eigenvalue weighted by atomic mass is 9.86. The molecule has 2 amide bonds. The van der Waals surface area contributed by atoms with Crippen molar-refractivity contribution in [2.24, 2.45) is 5.73 Å². The molecule has 33 heavy (non-hydrogen) atoms. The minimum absolute atomic E-state index is 0.0746. The van der Waals surface area contributed by atoms with Crippen molar-refractivity contribution in [2.45, 2.75) is 57.3 Å². The van der Waals surface area contributed by atoms with Gasteiger partial charge in [0, 0.05) is 31.1 Å². The number of ether oxygens (including phenoxy) is 2. The van der Waals surface area contributed by atoms with E-state index in [1.165, 1.54) is 13.2 Å². The number of carbonyl (C=O) groups is 2. The number of amides is 2. The summed E-state index contributed by atoms with van der Waals surface area (Å²) in [5.74, 6) is -0.494. The predicted octanol–water partition coefficient (Wildman–Crippen LogP) is 4.40. The first-order chi connectivity index (χ1) is 15.5. The number of carbonyl (C=O) groups excluding carboxylic acids is 1. The molecule has 0 aromatic heterocycles. The molecule has 0 radical (unpaired) electrons. The van der Waals surface area contributed by atoms with Crippen molar-refractivity contribution in [3.05, 3.63) is 65.5 Å². The first-order valence-electron chi connectivity index (χ1n) is 10.9. The summed E-state index contributed by atoms with van der Waals surface area (Å²) in [4.78, 5) is 25.7. The van der Waals surface area contributed by atoms with Crippen LogP contribution < -0.4 is 10.5 Å². The predicted molar refractivity (Wildman–Crippen MR) is 121 cm³/mol. The molecule has 1 saturated heterocycles. The molecule has 2 aromatic rings. The Morgan fingerprint density at radius 3 is 2.33 bits per heavy atom. The number of methoxy groups -OCH3 is 1. The van der Waals surface area contributed by atoms with E-state index >= 15 is 0 Å². The quantitative estimate of drug-likeness (QED) is 0.598. The molecular weight excluding hydrogens is 427 g/mol. The first-order valence-corrected chi connectivity index (χ1v) is 10.9. The van der Waals surface area contributed by atoms with Crippen LogP contribution in [0.5, 0.6) is 5.75 Å². The van der Waals surface area contributed by atoms with Crippen molar-refractivity contribution in [1.82, 2.24) is 0 Å². The third kappa shape index (κ3) is 3.98. The minimum Gasteiger partial charge on any atom is -0.489 e. The Labute approximate surface area is 193 Å². The molecule has 7 nitrogen and oxygen atoms in total. The molecular formula is C25H32FN2O5+. The van der Waals surface area contributed by atoms with Gasteiger partial charge >= 0.3 is 6.09 Å². The van der Waals surface area contributed by atoms with E-state index < -0.39 is 33.6 Å². The zero-order chi connectivity index (χ0) is 24.4. The van der Waals surface area contributed by atoms with E-state index in [0.29, 0.717) is 17.7 Å². The van der Waals surface area contributed by atoms with Crippen LogP contribution in [0.2, 0.25) is 0 Å². The molecule has 2 aromatic carbocycles. The van der Waals surface area contributed by atoms with Crippen LogP contribution in [0.15, 0.2) is 48.5 Å². The molecule has 8 heteroatoms. The zero-order valence-electron chi connectivity index (χ0n) is 19.5. The number of primary amides is 1. The number of hydrogen-bond donors (Lipinski definition) is 2. The van der Waals surface area contributed by atoms with Gasteiger partial charge in [0.15, 0.2) is 0 Å². The fraction of sp³-hybridized carbons (Fsp3) is 0.440. The molecule has 1 aliphatic rings. The second-order valence-corrected chi connectivity index (χ2v) is 9.51. The Bertz CT molecular complexity index is 1020. The number of halogens is 1. The number of nitrogens with two attached hydrogens (primary N) is 1. The second-order valence-electron chi connectivity index (χ2n) is 9.51. The van der Waals surface area contributed by atoms with Crippen LogP contribution >= 0.6 is 0 Å². The minimum atomic E-state index is -1.41. The first kappa shape index (κ1) is 24.7. The molecule has 3 atom stereocenters. The molecule has 0 aliphatic carbocycles. The van der Waals surface area contributed by atoms with E-state index in [4.69, 9.17) is 15.2 Å². The molecule has 0 saturated carbocycles. The third-order valence-corrected chi connectivity index (χ3v) is 6.79. The van der Waals surface area contributed by atoms with Crippen LogP contribution in [0.3, 0.4) is 0 Å². The topological polar surface area (TPSA) is 98.9 Å². The highest BCUT2D eigenvalue weighted by atomic mass is 19.1. The largest absolute Gasteiger partial charge is 0.515 e. The van der Waals surface area contributed by atoms with Crippen LogP contribution in [-0.4, -0.2) is 46.4 Å². The normalized spacial score (nSPS) is 25.1. The summed E-state index contributed by atoms with van der Waals surface area (Å²) in [6.07, 6.45) is -0.387. The van der Waals surface area contributed by atoms with Gasteiger partial charge in [0.25, 0.3) is 5.91 Å². The summed E-state index contributed by atoms with van der Waals surface area (Å²) < 4.78 is 24.4. The second kappa shape index (κ2) is 9.11. The number of carboxylic acid groups (broad SMARTS) is 1. The Morgan fingerprint density at radius 1 is 1.18 bits per heavy atom. The molecule has 0 bridgehead atoms. The van der Waals surface area contributed by atoms with Gasteiger partial charge < -0.3 is 20.3 Å². The van der Waals surface area contributed by atoms with Crippen LogP contribution in [0.25, 0.3) is 0 Å². The van der Waals surface area contributed by atoms with Gasteiger partial charge in [-0.1, -0.05) is 18.2 Å². The Morgan fingerprint density at radius 2 is 1.82 bits per heavy atom. The van der Waals surface area contributed by atoms with E-state index in [1.54, 1.807) is 63.2 Å². The lowest BCUT2D eigenvalue weighted by molar-refractivity contribution is -0.956. The number of rotatable bonds is 7. The van der Waals surface area contributed by atoms with Gasteiger partial charge in [-0.2, -0.15) is 9.28 Å². The highest BCUT2D eigenvalue weighted by Gasteiger charge is 2.73. The molecule has 1 fully saturated rings. The average molecular weight is 460 g/mol. The fourth-order valence-electron chi connectivity index (χ4n) is 5.49. The van der Waals surface area contributed by atoms with Gasteiger partial charge in [-0.15, -0.1) is 0 Å². The number of benzene rings is 2. The van der Waals surface area contributed by atoms with Gasteiger partial charge in [-0.3, -0.25) is 4.79 Å². The van der Waals surface area contributed by atoms with Crippen molar-refractivity contribution in [2.75, 3.05) is 13.7 Å². The smallest absolute Gasteiger partial charge is 0.489 e. The number of nitrogens with zero attached hydrogens (tertiary/aromatic N) is 1. The standard InChI is InChI=1S/C25H31FN2O5/c1-24(2,3)28(23(30)31)21(13-14-25(28,16-32-4)22(27)29)17-9-11-19(12-10-17)33-15-18-7-5-6-8-20(18)26/h5-12,21H,13-16H2,1-4H3,(H2-,27,29,30,31)/p+1. The Hall–Kier alpha value is -2.97. The summed E-state index contributed by atoms with van der Waals surface area (Å²) in [5.41, 5.74) is 4.77. The lowest BCUT2D eigenvalue weighted by Gasteiger charge is -2.53. The van der Waals surface area contributed by atoms with Gasteiger partial charge in [-0.05, 0) is 51.1 Å². The summed E-state index contributed by atoms with van der Waals surface area (Å²) in [6, 6.07) is 12.9. The monoisotopic (exact) mass is 459 g/mol. The van der Waals surface area contributed by atoms with Gasteiger partial charge in [-0.25, -0.2) is 4.39 Å². The molecule has 0 spiro atoms. The van der Waals surface area contributed by atoms with Crippen molar-refractivity contribution < 1.29 is 33.0 Å². The van der Waals surface area contributed by atoms with E-state index in [0.717, 1.165) is 5.56 Å². The van der Waals surface area contributed by atoms with E-state index in [-0.39, 0.29) is 25.5 Å².